The molecule has 1 saturated heterocycles. The highest BCUT2D eigenvalue weighted by molar-refractivity contribution is 7.92. The maximum absolute atomic E-state index is 13.2. The largest absolute Gasteiger partial charge is 0.492 e. The van der Waals surface area contributed by atoms with Gasteiger partial charge < -0.3 is 14.8 Å². The number of ether oxygens (including phenoxy) is 2. The lowest BCUT2D eigenvalue weighted by Crippen LogP contribution is -2.48. The van der Waals surface area contributed by atoms with Crippen LogP contribution in [0.4, 0.5) is 10.1 Å². The molecule has 0 saturated carbocycles. The Bertz CT molecular complexity index is 1210. The Morgan fingerprint density at radius 1 is 1.09 bits per heavy atom. The van der Waals surface area contributed by atoms with Crippen LogP contribution >= 0.6 is 0 Å². The molecular weight excluding hydrogens is 501 g/mol. The number of morpholine rings is 1. The zero-order valence-corrected chi connectivity index (χ0v) is 21.0. The van der Waals surface area contributed by atoms with Gasteiger partial charge in [0.1, 0.15) is 24.2 Å². The fourth-order valence-corrected chi connectivity index (χ4v) is 6.11. The zero-order chi connectivity index (χ0) is 25.6. The number of rotatable bonds is 10. The molecule has 1 N–H and O–H groups in total. The number of nitrogens with zero attached hydrogens (tertiary/aromatic N) is 2. The molecule has 13 heteroatoms. The average Bonchev–Trinajstić information content (AvgIpc) is 2.83. The van der Waals surface area contributed by atoms with Crippen LogP contribution in [0.1, 0.15) is 6.92 Å². The first-order valence-corrected chi connectivity index (χ1v) is 14.1. The van der Waals surface area contributed by atoms with Crippen molar-refractivity contribution < 1.29 is 35.5 Å². The third-order valence-electron chi connectivity index (χ3n) is 5.27. The van der Waals surface area contributed by atoms with E-state index in [1.54, 1.807) is 0 Å². The van der Waals surface area contributed by atoms with Crippen LogP contribution in [0.2, 0.25) is 0 Å². The summed E-state index contributed by atoms with van der Waals surface area (Å²) in [6.07, 6.45) is 0.964. The van der Waals surface area contributed by atoms with Gasteiger partial charge in [0.05, 0.1) is 36.6 Å². The van der Waals surface area contributed by atoms with E-state index in [-0.39, 0.29) is 23.7 Å². The quantitative estimate of drug-likeness (QED) is 0.459. The molecule has 1 aliphatic heterocycles. The van der Waals surface area contributed by atoms with Gasteiger partial charge in [-0.1, -0.05) is 0 Å². The van der Waals surface area contributed by atoms with Gasteiger partial charge in [-0.2, -0.15) is 4.31 Å². The molecule has 1 aliphatic rings. The molecule has 0 aliphatic carbocycles. The second-order valence-electron chi connectivity index (χ2n) is 7.84. The predicted octanol–water partition coefficient (Wildman–Crippen LogP) is 1.20. The van der Waals surface area contributed by atoms with Gasteiger partial charge in [-0.15, -0.1) is 0 Å². The molecule has 10 nitrogen and oxygen atoms in total. The van der Waals surface area contributed by atoms with Gasteiger partial charge in [0.25, 0.3) is 0 Å². The molecular formula is C22H28FN3O7S2. The first kappa shape index (κ1) is 26.9. The number of sulfonamides is 2. The molecule has 2 aromatic carbocycles. The molecule has 3 rings (SSSR count). The van der Waals surface area contributed by atoms with Crippen LogP contribution < -0.4 is 14.4 Å². The lowest BCUT2D eigenvalue weighted by molar-refractivity contribution is -0.121. The Labute approximate surface area is 204 Å². The summed E-state index contributed by atoms with van der Waals surface area (Å²) in [5.74, 6) is -0.671. The Kier molecular flexibility index (Phi) is 8.70. The smallest absolute Gasteiger partial charge is 0.243 e. The van der Waals surface area contributed by atoms with E-state index in [1.807, 2.05) is 0 Å². The number of halogens is 1. The molecule has 1 amide bonds. The third kappa shape index (κ3) is 6.90. The number of anilines is 1. The highest BCUT2D eigenvalue weighted by atomic mass is 32.2. The molecule has 35 heavy (non-hydrogen) atoms. The average molecular weight is 530 g/mol. The Morgan fingerprint density at radius 3 is 2.26 bits per heavy atom. The number of nitrogens with one attached hydrogen (secondary N) is 1. The number of hydrogen-bond acceptors (Lipinski definition) is 7. The minimum atomic E-state index is -3.81. The summed E-state index contributed by atoms with van der Waals surface area (Å²) in [7, 11) is -7.42. The van der Waals surface area contributed by atoms with Crippen LogP contribution in [0.5, 0.6) is 5.75 Å². The SMILES string of the molecule is CC(C(=O)NCCOc1ccc(S(=O)(=O)N2CCOCC2)cc1)N(c1ccc(F)cc1)S(C)(=O)=O. The van der Waals surface area contributed by atoms with E-state index in [0.717, 1.165) is 22.7 Å². The van der Waals surface area contributed by atoms with E-state index in [1.165, 1.54) is 47.6 Å². The van der Waals surface area contributed by atoms with Crippen molar-refractivity contribution in [2.45, 2.75) is 17.9 Å². The molecule has 2 aromatic rings. The Balaban J connectivity index is 1.53. The monoisotopic (exact) mass is 529 g/mol. The first-order chi connectivity index (χ1) is 16.5. The van der Waals surface area contributed by atoms with Crippen molar-refractivity contribution in [1.82, 2.24) is 9.62 Å². The number of benzene rings is 2. The number of amides is 1. The van der Waals surface area contributed by atoms with Crippen LogP contribution in [-0.2, 0) is 29.6 Å². The summed E-state index contributed by atoms with van der Waals surface area (Å²) >= 11 is 0. The number of carbonyl (C=O) groups excluding carboxylic acids is 1. The Morgan fingerprint density at radius 2 is 1.69 bits per heavy atom. The maximum atomic E-state index is 13.2. The van der Waals surface area contributed by atoms with E-state index < -0.39 is 37.8 Å². The number of hydrogen-bond donors (Lipinski definition) is 1. The van der Waals surface area contributed by atoms with Crippen molar-refractivity contribution in [3.63, 3.8) is 0 Å². The normalized spacial score (nSPS) is 15.9. The van der Waals surface area contributed by atoms with Crippen molar-refractivity contribution in [3.05, 3.63) is 54.3 Å². The fraction of sp³-hybridized carbons (Fsp3) is 0.409. The van der Waals surface area contributed by atoms with Crippen LogP contribution in [0.25, 0.3) is 0 Å². The fourth-order valence-electron chi connectivity index (χ4n) is 3.53. The van der Waals surface area contributed by atoms with Gasteiger partial charge in [-0.3, -0.25) is 9.10 Å². The van der Waals surface area contributed by atoms with Gasteiger partial charge in [0.2, 0.25) is 26.0 Å². The zero-order valence-electron chi connectivity index (χ0n) is 19.4. The van der Waals surface area contributed by atoms with Crippen molar-refractivity contribution in [2.24, 2.45) is 0 Å². The second kappa shape index (κ2) is 11.3. The molecule has 0 aromatic heterocycles. The highest BCUT2D eigenvalue weighted by Crippen LogP contribution is 2.22. The summed E-state index contributed by atoms with van der Waals surface area (Å²) in [5.41, 5.74) is 0.167. The van der Waals surface area contributed by atoms with E-state index in [4.69, 9.17) is 9.47 Å². The van der Waals surface area contributed by atoms with Gasteiger partial charge >= 0.3 is 0 Å². The van der Waals surface area contributed by atoms with E-state index in [9.17, 15) is 26.0 Å². The minimum Gasteiger partial charge on any atom is -0.492 e. The van der Waals surface area contributed by atoms with Gasteiger partial charge in [-0.05, 0) is 55.5 Å². The molecule has 192 valence electrons. The minimum absolute atomic E-state index is 0.0729. The molecule has 0 bridgehead atoms. The van der Waals surface area contributed by atoms with E-state index in [0.29, 0.717) is 32.1 Å². The summed E-state index contributed by atoms with van der Waals surface area (Å²) in [5, 5.41) is 2.61. The van der Waals surface area contributed by atoms with Crippen molar-refractivity contribution in [1.29, 1.82) is 0 Å². The summed E-state index contributed by atoms with van der Waals surface area (Å²) in [6, 6.07) is 9.67. The van der Waals surface area contributed by atoms with Crippen LogP contribution in [0, 0.1) is 5.82 Å². The molecule has 1 unspecified atom stereocenters. The van der Waals surface area contributed by atoms with Gasteiger partial charge in [0, 0.05) is 13.1 Å². The maximum Gasteiger partial charge on any atom is 0.243 e. The molecule has 1 fully saturated rings. The van der Waals surface area contributed by atoms with Gasteiger partial charge in [0.15, 0.2) is 0 Å². The summed E-state index contributed by atoms with van der Waals surface area (Å²) in [6.45, 7) is 2.90. The molecule has 1 atom stereocenters. The van der Waals surface area contributed by atoms with Crippen molar-refractivity contribution in [2.75, 3.05) is 50.0 Å². The Hall–Kier alpha value is -2.74. The molecule has 0 radical (unpaired) electrons. The number of carbonyl (C=O) groups is 1. The van der Waals surface area contributed by atoms with Crippen LogP contribution in [0.15, 0.2) is 53.4 Å². The van der Waals surface area contributed by atoms with Crippen molar-refractivity contribution in [3.8, 4) is 5.75 Å². The van der Waals surface area contributed by atoms with Crippen molar-refractivity contribution >= 4 is 31.6 Å². The van der Waals surface area contributed by atoms with Crippen LogP contribution in [0.3, 0.4) is 0 Å². The lowest BCUT2D eigenvalue weighted by Gasteiger charge is -2.28. The second-order valence-corrected chi connectivity index (χ2v) is 11.6. The summed E-state index contributed by atoms with van der Waals surface area (Å²) in [4.78, 5) is 12.7. The first-order valence-electron chi connectivity index (χ1n) is 10.8. The lowest BCUT2D eigenvalue weighted by atomic mass is 10.2. The van der Waals surface area contributed by atoms with Gasteiger partial charge in [-0.25, -0.2) is 21.2 Å². The molecule has 1 heterocycles. The highest BCUT2D eigenvalue weighted by Gasteiger charge is 2.29. The van der Waals surface area contributed by atoms with E-state index >= 15 is 0 Å². The third-order valence-corrected chi connectivity index (χ3v) is 8.43. The van der Waals surface area contributed by atoms with E-state index in [2.05, 4.69) is 5.32 Å². The summed E-state index contributed by atoms with van der Waals surface area (Å²) < 4.78 is 76.1. The predicted molar refractivity (Wildman–Crippen MR) is 128 cm³/mol. The molecule has 0 spiro atoms. The topological polar surface area (TPSA) is 122 Å². The standard InChI is InChI=1S/C22H28FN3O7S2/c1-17(26(34(2,28)29)19-5-3-18(23)4-6-19)22(27)24-11-14-33-20-7-9-21(10-8-20)35(30,31)25-12-15-32-16-13-25/h3-10,17H,11-16H2,1-2H3,(H,24,27). The van der Waals surface area contributed by atoms with Crippen LogP contribution in [-0.4, -0.2) is 78.8 Å².